The molecule has 0 amide bonds. The van der Waals surface area contributed by atoms with Gasteiger partial charge in [0.15, 0.2) is 20.0 Å². The zero-order chi connectivity index (χ0) is 25.3. The lowest BCUT2D eigenvalue weighted by atomic mass is 10.2. The molecule has 0 rings (SSSR count). The number of nitrogens with zero attached hydrogens (tertiary/aromatic N) is 2. The Bertz CT molecular complexity index is 763. The van der Waals surface area contributed by atoms with Crippen LogP contribution in [-0.4, -0.2) is 72.1 Å². The highest BCUT2D eigenvalue weighted by Crippen LogP contribution is 2.36. The van der Waals surface area contributed by atoms with Crippen molar-refractivity contribution < 1.29 is 57.2 Å². The summed E-state index contributed by atoms with van der Waals surface area (Å²) in [6.45, 7) is 9.90. The number of ether oxygens (including phenoxy) is 1. The lowest BCUT2D eigenvalue weighted by Gasteiger charge is -2.29. The van der Waals surface area contributed by atoms with Gasteiger partial charge in [0.2, 0.25) is 0 Å². The third-order valence-corrected chi connectivity index (χ3v) is 6.17. The molecule has 0 N–H and O–H groups in total. The highest BCUT2D eigenvalue weighted by molar-refractivity contribution is 8.13. The van der Waals surface area contributed by atoms with Gasteiger partial charge in [-0.25, -0.2) is 21.6 Å². The van der Waals surface area contributed by atoms with Gasteiger partial charge in [-0.05, 0) is 19.8 Å². The number of hydrogen-bond donors (Lipinski definition) is 0. The summed E-state index contributed by atoms with van der Waals surface area (Å²) in [5.41, 5.74) is -11.9. The maximum absolute atomic E-state index is 11.4. The molecule has 0 aromatic heterocycles. The Morgan fingerprint density at radius 2 is 1.35 bits per heavy atom. The predicted octanol–water partition coefficient (Wildman–Crippen LogP) is 3.43. The van der Waals surface area contributed by atoms with E-state index in [0.29, 0.717) is 12.2 Å². The molecule has 0 spiro atoms. The van der Waals surface area contributed by atoms with Crippen molar-refractivity contribution in [1.29, 1.82) is 0 Å². The summed E-state index contributed by atoms with van der Waals surface area (Å²) in [6, 6.07) is 0. The van der Waals surface area contributed by atoms with Crippen molar-refractivity contribution in [2.45, 2.75) is 44.1 Å². The molecule has 0 atom stereocenters. The standard InChI is InChI=1S/C13H26NO2.C2F6NO4S2/c1-6-7-8-9-14(4,5)10-11-16-13(15)12(2)3;3-1(4,5)14(10,11)9-15(12,13)2(6,7)8/h2,6-11H2,1,3-5H3;/q+1;-1. The van der Waals surface area contributed by atoms with Crippen LogP contribution in [0.15, 0.2) is 12.2 Å². The second-order valence-corrected chi connectivity index (χ2v) is 10.3. The van der Waals surface area contributed by atoms with E-state index in [1.807, 2.05) is 0 Å². The minimum absolute atomic E-state index is 0.284. The van der Waals surface area contributed by atoms with Gasteiger partial charge >= 0.3 is 17.0 Å². The van der Waals surface area contributed by atoms with Crippen molar-refractivity contribution >= 4 is 26.0 Å². The Morgan fingerprint density at radius 1 is 0.935 bits per heavy atom. The van der Waals surface area contributed by atoms with E-state index >= 15 is 0 Å². The van der Waals surface area contributed by atoms with Crippen LogP contribution in [-0.2, 0) is 29.6 Å². The van der Waals surface area contributed by atoms with Crippen molar-refractivity contribution in [3.8, 4) is 0 Å². The summed E-state index contributed by atoms with van der Waals surface area (Å²) in [5.74, 6) is -0.284. The number of sulfonamides is 2. The topological polar surface area (TPSA) is 109 Å². The molecule has 0 aromatic carbocycles. The molecule has 186 valence electrons. The van der Waals surface area contributed by atoms with Crippen LogP contribution in [0.4, 0.5) is 26.3 Å². The first-order valence-electron chi connectivity index (χ1n) is 8.61. The monoisotopic (exact) mass is 508 g/mol. The van der Waals surface area contributed by atoms with Gasteiger partial charge in [-0.3, -0.25) is 0 Å². The van der Waals surface area contributed by atoms with Crippen molar-refractivity contribution in [2.24, 2.45) is 0 Å². The molecule has 0 saturated heterocycles. The van der Waals surface area contributed by atoms with E-state index < -0.39 is 31.1 Å². The Labute approximate surface area is 177 Å². The lowest BCUT2D eigenvalue weighted by Crippen LogP contribution is -2.43. The molecule has 0 aliphatic rings. The molecular weight excluding hydrogens is 482 g/mol. The van der Waals surface area contributed by atoms with Gasteiger partial charge in [-0.15, -0.1) is 0 Å². The molecule has 16 heteroatoms. The number of carbonyl (C=O) groups excluding carboxylic acids is 1. The number of likely N-dealkylation sites (N-methyl/N-ethyl adjacent to an activating group) is 1. The molecular formula is C15H26F6N2O6S2. The van der Waals surface area contributed by atoms with Gasteiger partial charge in [0, 0.05) is 5.57 Å². The summed E-state index contributed by atoms with van der Waals surface area (Å²) in [6.07, 6.45) is 3.75. The second-order valence-electron chi connectivity index (χ2n) is 6.92. The molecule has 0 aliphatic heterocycles. The average molecular weight is 509 g/mol. The molecule has 0 saturated carbocycles. The maximum atomic E-state index is 11.4. The Morgan fingerprint density at radius 3 is 1.68 bits per heavy atom. The average Bonchev–Trinajstić information content (AvgIpc) is 2.52. The SMILES string of the molecule is C=C(C)C(=O)OCC[N+](C)(C)CCCCC.O=S(=O)([N-]S(=O)(=O)C(F)(F)F)C(F)(F)F. The predicted molar refractivity (Wildman–Crippen MR) is 100 cm³/mol. The van der Waals surface area contributed by atoms with Gasteiger partial charge in [0.1, 0.15) is 13.2 Å². The Kier molecular flexibility index (Phi) is 12.3. The number of alkyl halides is 6. The maximum Gasteiger partial charge on any atom is 0.480 e. The van der Waals surface area contributed by atoms with Crippen LogP contribution in [0.25, 0.3) is 4.13 Å². The quantitative estimate of drug-likeness (QED) is 0.147. The van der Waals surface area contributed by atoms with Gasteiger partial charge in [0.25, 0.3) is 0 Å². The van der Waals surface area contributed by atoms with Crippen LogP contribution in [0.5, 0.6) is 0 Å². The lowest BCUT2D eigenvalue weighted by molar-refractivity contribution is -0.890. The van der Waals surface area contributed by atoms with E-state index in [9.17, 15) is 48.0 Å². The van der Waals surface area contributed by atoms with E-state index in [1.165, 1.54) is 19.3 Å². The van der Waals surface area contributed by atoms with Crippen molar-refractivity contribution in [3.63, 3.8) is 0 Å². The number of hydrogen-bond acceptors (Lipinski definition) is 6. The molecule has 0 unspecified atom stereocenters. The third-order valence-electron chi connectivity index (χ3n) is 3.43. The van der Waals surface area contributed by atoms with Crippen molar-refractivity contribution in [2.75, 3.05) is 33.8 Å². The van der Waals surface area contributed by atoms with E-state index in [-0.39, 0.29) is 5.97 Å². The first-order chi connectivity index (χ1) is 13.6. The number of esters is 1. The first kappa shape index (κ1) is 31.8. The van der Waals surface area contributed by atoms with Gasteiger partial charge in [-0.1, -0.05) is 19.9 Å². The van der Waals surface area contributed by atoms with Crippen LogP contribution >= 0.6 is 0 Å². The van der Waals surface area contributed by atoms with Crippen LogP contribution < -0.4 is 0 Å². The number of quaternary nitrogens is 1. The number of unbranched alkanes of at least 4 members (excludes halogenated alkanes) is 2. The first-order valence-corrected chi connectivity index (χ1v) is 11.5. The number of halogens is 6. The van der Waals surface area contributed by atoms with Gasteiger partial charge in [-0.2, -0.15) is 26.3 Å². The molecule has 0 fully saturated rings. The largest absolute Gasteiger partial charge is 0.480 e. The number of rotatable bonds is 10. The van der Waals surface area contributed by atoms with E-state index in [0.717, 1.165) is 21.7 Å². The van der Waals surface area contributed by atoms with Crippen molar-refractivity contribution in [1.82, 2.24) is 0 Å². The fourth-order valence-electron chi connectivity index (χ4n) is 1.62. The third kappa shape index (κ3) is 12.9. The Hall–Kier alpha value is -1.39. The molecule has 0 heterocycles. The van der Waals surface area contributed by atoms with Gasteiger partial charge in [0.05, 0.1) is 20.6 Å². The highest BCUT2D eigenvalue weighted by atomic mass is 32.3. The zero-order valence-corrected chi connectivity index (χ0v) is 19.0. The van der Waals surface area contributed by atoms with Gasteiger partial charge < -0.3 is 13.3 Å². The summed E-state index contributed by atoms with van der Waals surface area (Å²) >= 11 is 0. The number of carbonyl (C=O) groups is 1. The molecule has 0 bridgehead atoms. The minimum atomic E-state index is -6.72. The van der Waals surface area contributed by atoms with Crippen LogP contribution in [0.3, 0.4) is 0 Å². The molecule has 0 radical (unpaired) electrons. The summed E-state index contributed by atoms with van der Waals surface area (Å²) in [5, 5.41) is 0. The zero-order valence-electron chi connectivity index (χ0n) is 17.4. The van der Waals surface area contributed by atoms with Crippen LogP contribution in [0.2, 0.25) is 0 Å². The highest BCUT2D eigenvalue weighted by Gasteiger charge is 2.46. The van der Waals surface area contributed by atoms with Crippen molar-refractivity contribution in [3.05, 3.63) is 16.3 Å². The van der Waals surface area contributed by atoms with Crippen LogP contribution in [0, 0.1) is 0 Å². The summed E-state index contributed by atoms with van der Waals surface area (Å²) < 4.78 is 115. The molecule has 8 nitrogen and oxygen atoms in total. The molecule has 31 heavy (non-hydrogen) atoms. The smallest absolute Gasteiger partial charge is 0.456 e. The van der Waals surface area contributed by atoms with E-state index in [1.54, 1.807) is 6.92 Å². The molecule has 0 aromatic rings. The molecule has 0 aliphatic carbocycles. The minimum Gasteiger partial charge on any atom is -0.456 e. The second kappa shape index (κ2) is 12.0. The normalized spacial score (nSPS) is 13.2. The van der Waals surface area contributed by atoms with E-state index in [4.69, 9.17) is 4.74 Å². The van der Waals surface area contributed by atoms with Crippen LogP contribution in [0.1, 0.15) is 33.1 Å². The fourth-order valence-corrected chi connectivity index (χ4v) is 3.33. The summed E-state index contributed by atoms with van der Waals surface area (Å²) in [4.78, 5) is 11.2. The Balaban J connectivity index is 0. The van der Waals surface area contributed by atoms with E-state index in [2.05, 4.69) is 27.6 Å². The fraction of sp³-hybridized carbons (Fsp3) is 0.800. The summed E-state index contributed by atoms with van der Waals surface area (Å²) in [7, 11) is -9.10.